The fourth-order valence-electron chi connectivity index (χ4n) is 3.06. The van der Waals surface area contributed by atoms with Crippen molar-refractivity contribution in [3.8, 4) is 5.75 Å². The molecule has 2 aromatic rings. The van der Waals surface area contributed by atoms with Gasteiger partial charge in [-0.25, -0.2) is 9.18 Å². The number of amides is 1. The van der Waals surface area contributed by atoms with Crippen molar-refractivity contribution < 1.29 is 19.0 Å². The summed E-state index contributed by atoms with van der Waals surface area (Å²) in [6.45, 7) is 1.34. The van der Waals surface area contributed by atoms with Crippen LogP contribution in [0.3, 0.4) is 0 Å². The molecule has 1 N–H and O–H groups in total. The number of carbonyl (C=O) groups excluding carboxylic acids is 1. The van der Waals surface area contributed by atoms with E-state index in [-0.39, 0.29) is 24.4 Å². The molecule has 1 fully saturated rings. The minimum Gasteiger partial charge on any atom is -0.508 e. The van der Waals surface area contributed by atoms with Crippen LogP contribution in [0.2, 0.25) is 0 Å². The summed E-state index contributed by atoms with van der Waals surface area (Å²) in [6, 6.07) is 13.6. The number of carbonyl (C=O) groups is 1. The van der Waals surface area contributed by atoms with Crippen molar-refractivity contribution in [1.82, 2.24) is 4.90 Å². The number of aromatic hydroxyl groups is 1. The summed E-state index contributed by atoms with van der Waals surface area (Å²) in [5, 5.41) is 9.56. The Morgan fingerprint density at radius 3 is 2.79 bits per heavy atom. The molecule has 4 nitrogen and oxygen atoms in total. The first-order valence-corrected chi connectivity index (χ1v) is 8.07. The highest BCUT2D eigenvalue weighted by Crippen LogP contribution is 2.30. The quantitative estimate of drug-likeness (QED) is 0.924. The van der Waals surface area contributed by atoms with Crippen LogP contribution in [0.5, 0.6) is 5.75 Å². The van der Waals surface area contributed by atoms with Gasteiger partial charge in [0.2, 0.25) is 0 Å². The lowest BCUT2D eigenvalue weighted by molar-refractivity contribution is 0.0858. The highest BCUT2D eigenvalue weighted by Gasteiger charge is 2.26. The number of piperidine rings is 1. The van der Waals surface area contributed by atoms with Crippen LogP contribution >= 0.6 is 0 Å². The second-order valence-corrected chi connectivity index (χ2v) is 6.07. The van der Waals surface area contributed by atoms with E-state index in [0.29, 0.717) is 18.7 Å². The van der Waals surface area contributed by atoms with E-state index in [0.717, 1.165) is 24.5 Å². The zero-order chi connectivity index (χ0) is 16.9. The van der Waals surface area contributed by atoms with Crippen molar-refractivity contribution in [2.45, 2.75) is 25.4 Å². The van der Waals surface area contributed by atoms with E-state index in [1.54, 1.807) is 11.0 Å². The molecule has 1 aliphatic rings. The minimum absolute atomic E-state index is 0.00428. The average molecular weight is 329 g/mol. The zero-order valence-corrected chi connectivity index (χ0v) is 13.3. The van der Waals surface area contributed by atoms with Gasteiger partial charge in [-0.3, -0.25) is 0 Å². The van der Waals surface area contributed by atoms with Gasteiger partial charge in [0, 0.05) is 25.1 Å². The number of ether oxygens (including phenoxy) is 1. The monoisotopic (exact) mass is 329 g/mol. The molecule has 0 bridgehead atoms. The van der Waals surface area contributed by atoms with Crippen molar-refractivity contribution in [2.75, 3.05) is 13.1 Å². The number of rotatable bonds is 3. The third-order valence-electron chi connectivity index (χ3n) is 4.26. The molecule has 2 aromatic carbocycles. The van der Waals surface area contributed by atoms with Gasteiger partial charge in [-0.1, -0.05) is 30.3 Å². The molecule has 0 radical (unpaired) electrons. The molecule has 0 saturated carbocycles. The first-order chi connectivity index (χ1) is 11.6. The normalized spacial score (nSPS) is 17.5. The van der Waals surface area contributed by atoms with Crippen molar-refractivity contribution >= 4 is 6.09 Å². The van der Waals surface area contributed by atoms with Crippen molar-refractivity contribution in [3.05, 3.63) is 65.5 Å². The van der Waals surface area contributed by atoms with E-state index in [4.69, 9.17) is 4.74 Å². The number of nitrogens with zero attached hydrogens (tertiary/aromatic N) is 1. The summed E-state index contributed by atoms with van der Waals surface area (Å²) < 4.78 is 18.8. The van der Waals surface area contributed by atoms with Crippen molar-refractivity contribution in [2.24, 2.45) is 0 Å². The summed E-state index contributed by atoms with van der Waals surface area (Å²) in [5.74, 6) is -0.549. The number of phenolic OH excluding ortho intramolecular Hbond substituents is 1. The van der Waals surface area contributed by atoms with Crippen LogP contribution < -0.4 is 0 Å². The van der Waals surface area contributed by atoms with Crippen molar-refractivity contribution in [1.29, 1.82) is 0 Å². The topological polar surface area (TPSA) is 49.8 Å². The molecule has 3 rings (SSSR count). The standard InChI is InChI=1S/C19H20FNO3/c20-17-9-16(10-18(22)11-17)15-7-4-8-21(12-15)19(23)24-13-14-5-2-1-3-6-14/h1-3,5-6,9-11,15,22H,4,7-8,12-13H2. The van der Waals surface area contributed by atoms with Crippen LogP contribution in [-0.4, -0.2) is 29.2 Å². The lowest BCUT2D eigenvalue weighted by Gasteiger charge is -2.32. The molecule has 126 valence electrons. The maximum Gasteiger partial charge on any atom is 0.410 e. The van der Waals surface area contributed by atoms with Gasteiger partial charge in [0.1, 0.15) is 18.2 Å². The maximum absolute atomic E-state index is 13.5. The van der Waals surface area contributed by atoms with Gasteiger partial charge in [0.15, 0.2) is 0 Å². The third kappa shape index (κ3) is 4.04. The van der Waals surface area contributed by atoms with E-state index < -0.39 is 5.82 Å². The molecule has 1 unspecified atom stereocenters. The molecule has 0 spiro atoms. The molecule has 0 aliphatic carbocycles. The molecule has 1 amide bonds. The van der Waals surface area contributed by atoms with Gasteiger partial charge in [0.25, 0.3) is 0 Å². The average Bonchev–Trinajstić information content (AvgIpc) is 2.60. The second kappa shape index (κ2) is 7.34. The fraction of sp³-hybridized carbons (Fsp3) is 0.316. The van der Waals surface area contributed by atoms with Gasteiger partial charge in [0.05, 0.1) is 0 Å². The van der Waals surface area contributed by atoms with Gasteiger partial charge in [-0.2, -0.15) is 0 Å². The highest BCUT2D eigenvalue weighted by molar-refractivity contribution is 5.68. The van der Waals surface area contributed by atoms with Gasteiger partial charge >= 0.3 is 6.09 Å². The number of hydrogen-bond acceptors (Lipinski definition) is 3. The Morgan fingerprint density at radius 2 is 2.04 bits per heavy atom. The van der Waals surface area contributed by atoms with Gasteiger partial charge < -0.3 is 14.7 Å². The Kier molecular flexibility index (Phi) is 4.99. The third-order valence-corrected chi connectivity index (χ3v) is 4.26. The SMILES string of the molecule is O=C(OCc1ccccc1)N1CCCC(c2cc(O)cc(F)c2)C1. The summed E-state index contributed by atoms with van der Waals surface area (Å²) in [4.78, 5) is 13.9. The van der Waals surface area contributed by atoms with Crippen LogP contribution in [0.25, 0.3) is 0 Å². The summed E-state index contributed by atoms with van der Waals surface area (Å²) in [5.41, 5.74) is 1.66. The number of halogens is 1. The van der Waals surface area contributed by atoms with E-state index in [9.17, 15) is 14.3 Å². The number of benzene rings is 2. The molecule has 1 atom stereocenters. The predicted molar refractivity (Wildman–Crippen MR) is 88.2 cm³/mol. The summed E-state index contributed by atoms with van der Waals surface area (Å²) in [7, 11) is 0. The number of likely N-dealkylation sites (tertiary alicyclic amines) is 1. The van der Waals surface area contributed by atoms with E-state index >= 15 is 0 Å². The highest BCUT2D eigenvalue weighted by atomic mass is 19.1. The van der Waals surface area contributed by atoms with E-state index in [1.165, 1.54) is 6.07 Å². The first-order valence-electron chi connectivity index (χ1n) is 8.07. The predicted octanol–water partition coefficient (Wildman–Crippen LogP) is 4.05. The molecule has 1 aliphatic heterocycles. The molecule has 0 aromatic heterocycles. The number of hydrogen-bond donors (Lipinski definition) is 1. The fourth-order valence-corrected chi connectivity index (χ4v) is 3.06. The minimum atomic E-state index is -0.464. The van der Waals surface area contributed by atoms with Gasteiger partial charge in [-0.05, 0) is 36.1 Å². The Labute approximate surface area is 140 Å². The van der Waals surface area contributed by atoms with Gasteiger partial charge in [-0.15, -0.1) is 0 Å². The Morgan fingerprint density at radius 1 is 1.25 bits per heavy atom. The van der Waals surface area contributed by atoms with E-state index in [2.05, 4.69) is 0 Å². The lowest BCUT2D eigenvalue weighted by atomic mass is 9.90. The Hall–Kier alpha value is -2.56. The van der Waals surface area contributed by atoms with Crippen molar-refractivity contribution in [3.63, 3.8) is 0 Å². The molecule has 5 heteroatoms. The molecular formula is C19H20FNO3. The smallest absolute Gasteiger partial charge is 0.410 e. The summed E-state index contributed by atoms with van der Waals surface area (Å²) in [6.07, 6.45) is 1.32. The maximum atomic E-state index is 13.5. The zero-order valence-electron chi connectivity index (χ0n) is 13.3. The summed E-state index contributed by atoms with van der Waals surface area (Å²) >= 11 is 0. The molecule has 1 saturated heterocycles. The first kappa shape index (κ1) is 16.3. The lowest BCUT2D eigenvalue weighted by Crippen LogP contribution is -2.39. The Balaban J connectivity index is 1.61. The number of phenols is 1. The van der Waals surface area contributed by atoms with E-state index in [1.807, 2.05) is 30.3 Å². The Bertz CT molecular complexity index is 685. The molecule has 24 heavy (non-hydrogen) atoms. The molecular weight excluding hydrogens is 309 g/mol. The largest absolute Gasteiger partial charge is 0.508 e. The van der Waals surface area contributed by atoms with Crippen LogP contribution in [-0.2, 0) is 11.3 Å². The molecule has 1 heterocycles. The van der Waals surface area contributed by atoms with Crippen LogP contribution in [0, 0.1) is 5.82 Å². The van der Waals surface area contributed by atoms with Crippen LogP contribution in [0.15, 0.2) is 48.5 Å². The van der Waals surface area contributed by atoms with Crippen LogP contribution in [0.1, 0.15) is 29.9 Å². The van der Waals surface area contributed by atoms with Crippen LogP contribution in [0.4, 0.5) is 9.18 Å². The second-order valence-electron chi connectivity index (χ2n) is 6.07.